The minimum atomic E-state index is -0.627. The van der Waals surface area contributed by atoms with Gasteiger partial charge in [0, 0.05) is 5.56 Å². The number of benzene rings is 1. The number of ether oxygens (including phenoxy) is 1. The van der Waals surface area contributed by atoms with Crippen LogP contribution in [0.5, 0.6) is 0 Å². The summed E-state index contributed by atoms with van der Waals surface area (Å²) in [5, 5.41) is 2.73. The molecule has 4 nitrogen and oxygen atoms in total. The van der Waals surface area contributed by atoms with Gasteiger partial charge in [-0.2, -0.15) is 0 Å². The number of amides is 1. The van der Waals surface area contributed by atoms with Gasteiger partial charge in [0.05, 0.1) is 7.11 Å². The molecule has 1 unspecified atom stereocenters. The van der Waals surface area contributed by atoms with Crippen LogP contribution in [-0.4, -0.2) is 25.0 Å². The third-order valence-corrected chi connectivity index (χ3v) is 3.27. The van der Waals surface area contributed by atoms with Crippen LogP contribution in [0, 0.1) is 11.8 Å². The largest absolute Gasteiger partial charge is 0.467 e. The van der Waals surface area contributed by atoms with Crippen molar-refractivity contribution in [1.82, 2.24) is 5.32 Å². The van der Waals surface area contributed by atoms with Gasteiger partial charge < -0.3 is 10.1 Å². The highest BCUT2D eigenvalue weighted by molar-refractivity contribution is 5.96. The van der Waals surface area contributed by atoms with Gasteiger partial charge in [0.25, 0.3) is 5.91 Å². The Kier molecular flexibility index (Phi) is 6.40. The quantitative estimate of drug-likeness (QED) is 0.820. The molecule has 116 valence electrons. The van der Waals surface area contributed by atoms with Crippen LogP contribution in [0.25, 0.3) is 0 Å². The Balaban J connectivity index is 2.76. The van der Waals surface area contributed by atoms with Crippen molar-refractivity contribution in [3.05, 3.63) is 35.4 Å². The van der Waals surface area contributed by atoms with E-state index in [9.17, 15) is 9.59 Å². The summed E-state index contributed by atoms with van der Waals surface area (Å²) in [6.45, 7) is 8.05. The first kappa shape index (κ1) is 17.2. The molecule has 1 rings (SSSR count). The molecule has 1 aromatic rings. The normalized spacial score (nSPS) is 12.3. The first-order valence-electron chi connectivity index (χ1n) is 7.32. The molecule has 21 heavy (non-hydrogen) atoms. The second-order valence-corrected chi connectivity index (χ2v) is 6.01. The van der Waals surface area contributed by atoms with Crippen molar-refractivity contribution in [3.8, 4) is 0 Å². The highest BCUT2D eigenvalue weighted by atomic mass is 16.5. The molecule has 0 aliphatic carbocycles. The molecule has 0 spiro atoms. The summed E-state index contributed by atoms with van der Waals surface area (Å²) >= 11 is 0. The predicted octanol–water partition coefficient (Wildman–Crippen LogP) is 2.81. The summed E-state index contributed by atoms with van der Waals surface area (Å²) < 4.78 is 4.72. The highest BCUT2D eigenvalue weighted by Crippen LogP contribution is 2.11. The van der Waals surface area contributed by atoms with Crippen LogP contribution in [0.2, 0.25) is 0 Å². The summed E-state index contributed by atoms with van der Waals surface area (Å²) in [4.78, 5) is 23.9. The van der Waals surface area contributed by atoms with Gasteiger partial charge in [-0.15, -0.1) is 0 Å². The molecule has 0 saturated carbocycles. The Morgan fingerprint density at radius 1 is 1.10 bits per heavy atom. The van der Waals surface area contributed by atoms with Crippen molar-refractivity contribution in [2.24, 2.45) is 11.8 Å². The topological polar surface area (TPSA) is 55.4 Å². The molecule has 1 atom stereocenters. The molecule has 1 aromatic carbocycles. The molecular formula is C17H25NO3. The number of methoxy groups -OCH3 is 1. The lowest BCUT2D eigenvalue weighted by Gasteiger charge is -2.19. The summed E-state index contributed by atoms with van der Waals surface area (Å²) in [5.74, 6) is -0.124. The zero-order valence-electron chi connectivity index (χ0n) is 13.5. The van der Waals surface area contributed by atoms with Crippen LogP contribution in [0.1, 0.15) is 43.6 Å². The van der Waals surface area contributed by atoms with Gasteiger partial charge >= 0.3 is 5.97 Å². The zero-order valence-corrected chi connectivity index (χ0v) is 13.5. The van der Waals surface area contributed by atoms with Crippen molar-refractivity contribution in [2.75, 3.05) is 7.11 Å². The van der Waals surface area contributed by atoms with E-state index in [1.54, 1.807) is 12.1 Å². The SMILES string of the molecule is COC(=O)C(NC(=O)c1ccc(CC(C)C)cc1)C(C)C. The van der Waals surface area contributed by atoms with Crippen molar-refractivity contribution < 1.29 is 14.3 Å². The van der Waals surface area contributed by atoms with Crippen molar-refractivity contribution in [3.63, 3.8) is 0 Å². The fourth-order valence-corrected chi connectivity index (χ4v) is 2.11. The monoisotopic (exact) mass is 291 g/mol. The molecule has 0 aliphatic rings. The van der Waals surface area contributed by atoms with Crippen LogP contribution in [0.3, 0.4) is 0 Å². The van der Waals surface area contributed by atoms with E-state index in [0.717, 1.165) is 6.42 Å². The van der Waals surface area contributed by atoms with Crippen LogP contribution in [-0.2, 0) is 16.0 Å². The zero-order chi connectivity index (χ0) is 16.0. The van der Waals surface area contributed by atoms with Gasteiger partial charge in [-0.1, -0.05) is 39.8 Å². The molecule has 0 heterocycles. The number of hydrogen-bond acceptors (Lipinski definition) is 3. The van der Waals surface area contributed by atoms with E-state index >= 15 is 0 Å². The fourth-order valence-electron chi connectivity index (χ4n) is 2.11. The summed E-state index contributed by atoms with van der Waals surface area (Å²) in [6.07, 6.45) is 0.985. The molecule has 4 heteroatoms. The van der Waals surface area contributed by atoms with Crippen LogP contribution >= 0.6 is 0 Å². The number of carbonyl (C=O) groups is 2. The number of hydrogen-bond donors (Lipinski definition) is 1. The molecule has 0 radical (unpaired) electrons. The van der Waals surface area contributed by atoms with E-state index < -0.39 is 12.0 Å². The van der Waals surface area contributed by atoms with Gasteiger partial charge in [0.2, 0.25) is 0 Å². The van der Waals surface area contributed by atoms with E-state index in [0.29, 0.717) is 11.5 Å². The number of esters is 1. The van der Waals surface area contributed by atoms with E-state index in [1.165, 1.54) is 12.7 Å². The molecule has 1 amide bonds. The third-order valence-electron chi connectivity index (χ3n) is 3.27. The first-order valence-corrected chi connectivity index (χ1v) is 7.32. The molecule has 0 aliphatic heterocycles. The maximum Gasteiger partial charge on any atom is 0.328 e. The lowest BCUT2D eigenvalue weighted by atomic mass is 10.0. The molecule has 0 fully saturated rings. The highest BCUT2D eigenvalue weighted by Gasteiger charge is 2.25. The molecule has 0 aromatic heterocycles. The standard InChI is InChI=1S/C17H25NO3/c1-11(2)10-13-6-8-14(9-7-13)16(19)18-15(12(3)4)17(20)21-5/h6-9,11-12,15H,10H2,1-5H3,(H,18,19). The Morgan fingerprint density at radius 3 is 2.10 bits per heavy atom. The first-order chi connectivity index (χ1) is 9.85. The lowest BCUT2D eigenvalue weighted by molar-refractivity contribution is -0.144. The third kappa shape index (κ3) is 5.21. The smallest absolute Gasteiger partial charge is 0.328 e. The Bertz CT molecular complexity index is 477. The maximum atomic E-state index is 12.2. The van der Waals surface area contributed by atoms with Gasteiger partial charge in [-0.3, -0.25) is 4.79 Å². The van der Waals surface area contributed by atoms with Gasteiger partial charge in [0.1, 0.15) is 6.04 Å². The number of nitrogens with one attached hydrogen (secondary N) is 1. The molecule has 0 saturated heterocycles. The van der Waals surface area contributed by atoms with Crippen molar-refractivity contribution in [2.45, 2.75) is 40.2 Å². The molecular weight excluding hydrogens is 266 g/mol. The van der Waals surface area contributed by atoms with Gasteiger partial charge in [0.15, 0.2) is 0 Å². The summed E-state index contributed by atoms with van der Waals surface area (Å²) in [6, 6.07) is 6.87. The van der Waals surface area contributed by atoms with Crippen molar-refractivity contribution in [1.29, 1.82) is 0 Å². The minimum Gasteiger partial charge on any atom is -0.467 e. The lowest BCUT2D eigenvalue weighted by Crippen LogP contribution is -2.45. The fraction of sp³-hybridized carbons (Fsp3) is 0.529. The van der Waals surface area contributed by atoms with Crippen LogP contribution in [0.15, 0.2) is 24.3 Å². The number of carbonyl (C=O) groups excluding carboxylic acids is 2. The van der Waals surface area contributed by atoms with E-state index in [-0.39, 0.29) is 11.8 Å². The second kappa shape index (κ2) is 7.81. The number of rotatable bonds is 6. The van der Waals surface area contributed by atoms with E-state index in [4.69, 9.17) is 4.74 Å². The van der Waals surface area contributed by atoms with Crippen LogP contribution < -0.4 is 5.32 Å². The molecule has 0 bridgehead atoms. The van der Waals surface area contributed by atoms with E-state index in [1.807, 2.05) is 26.0 Å². The van der Waals surface area contributed by atoms with E-state index in [2.05, 4.69) is 19.2 Å². The maximum absolute atomic E-state index is 12.2. The molecule has 1 N–H and O–H groups in total. The van der Waals surface area contributed by atoms with Gasteiger partial charge in [-0.05, 0) is 36.0 Å². The average Bonchev–Trinajstić information content (AvgIpc) is 2.43. The summed E-state index contributed by atoms with van der Waals surface area (Å²) in [7, 11) is 1.32. The Labute approximate surface area is 126 Å². The predicted molar refractivity (Wildman–Crippen MR) is 83.1 cm³/mol. The minimum absolute atomic E-state index is 0.0263. The second-order valence-electron chi connectivity index (χ2n) is 6.01. The Hall–Kier alpha value is -1.84. The Morgan fingerprint density at radius 2 is 1.67 bits per heavy atom. The summed E-state index contributed by atoms with van der Waals surface area (Å²) in [5.41, 5.74) is 1.76. The van der Waals surface area contributed by atoms with Crippen LogP contribution in [0.4, 0.5) is 0 Å². The van der Waals surface area contributed by atoms with Gasteiger partial charge in [-0.25, -0.2) is 4.79 Å². The average molecular weight is 291 g/mol. The van der Waals surface area contributed by atoms with Crippen molar-refractivity contribution >= 4 is 11.9 Å².